The molecule has 0 fully saturated rings. The molecule has 2 aromatic rings. The van der Waals surface area contributed by atoms with Crippen molar-refractivity contribution in [2.75, 3.05) is 0 Å². The highest BCUT2D eigenvalue weighted by molar-refractivity contribution is 5.82. The number of rotatable bonds is 3. The molecule has 0 aromatic heterocycles. The van der Waals surface area contributed by atoms with E-state index in [1.54, 1.807) is 12.3 Å². The molecule has 1 N–H and O–H groups in total. The Labute approximate surface area is 118 Å². The summed E-state index contributed by atoms with van der Waals surface area (Å²) in [6.07, 6.45) is 2.18. The third-order valence-corrected chi connectivity index (χ3v) is 3.64. The molecule has 1 heterocycles. The van der Waals surface area contributed by atoms with E-state index in [2.05, 4.69) is 30.3 Å². The van der Waals surface area contributed by atoms with Gasteiger partial charge in [-0.2, -0.15) is 0 Å². The van der Waals surface area contributed by atoms with Crippen LogP contribution in [-0.2, 0) is 16.1 Å². The van der Waals surface area contributed by atoms with Gasteiger partial charge < -0.3 is 14.6 Å². The highest BCUT2D eigenvalue weighted by Gasteiger charge is 2.27. The van der Waals surface area contributed by atoms with E-state index in [0.717, 1.165) is 5.56 Å². The summed E-state index contributed by atoms with van der Waals surface area (Å²) in [4.78, 5) is 0. The van der Waals surface area contributed by atoms with Gasteiger partial charge in [-0.1, -0.05) is 36.4 Å². The van der Waals surface area contributed by atoms with E-state index in [9.17, 15) is 5.11 Å². The van der Waals surface area contributed by atoms with E-state index in [1.165, 1.54) is 10.8 Å². The van der Waals surface area contributed by atoms with Crippen molar-refractivity contribution >= 4 is 10.8 Å². The molecule has 3 nitrogen and oxygen atoms in total. The summed E-state index contributed by atoms with van der Waals surface area (Å²) >= 11 is 0. The molecule has 0 saturated carbocycles. The molecule has 2 aromatic carbocycles. The van der Waals surface area contributed by atoms with Crippen LogP contribution in [0.3, 0.4) is 0 Å². The van der Waals surface area contributed by atoms with Crippen LogP contribution in [0.5, 0.6) is 0 Å². The third kappa shape index (κ3) is 2.69. The van der Waals surface area contributed by atoms with Gasteiger partial charge in [0.2, 0.25) is 0 Å². The molecule has 1 aliphatic rings. The van der Waals surface area contributed by atoms with Crippen molar-refractivity contribution in [1.29, 1.82) is 0 Å². The van der Waals surface area contributed by atoms with Gasteiger partial charge in [0.1, 0.15) is 18.3 Å². The first-order valence-corrected chi connectivity index (χ1v) is 6.83. The summed E-state index contributed by atoms with van der Waals surface area (Å²) in [5.74, 6) is 0. The minimum atomic E-state index is -0.625. The summed E-state index contributed by atoms with van der Waals surface area (Å²) in [5, 5.41) is 12.4. The minimum absolute atomic E-state index is 0.235. The largest absolute Gasteiger partial charge is 0.496 e. The van der Waals surface area contributed by atoms with Crippen molar-refractivity contribution in [3.8, 4) is 0 Å². The van der Waals surface area contributed by atoms with Gasteiger partial charge >= 0.3 is 0 Å². The van der Waals surface area contributed by atoms with Gasteiger partial charge in [0, 0.05) is 0 Å². The Balaban J connectivity index is 1.70. The highest BCUT2D eigenvalue weighted by atomic mass is 16.5. The van der Waals surface area contributed by atoms with Crippen LogP contribution in [-0.4, -0.2) is 23.4 Å². The fraction of sp³-hybridized carbons (Fsp3) is 0.294. The average Bonchev–Trinajstić information content (AvgIpc) is 2.48. The lowest BCUT2D eigenvalue weighted by molar-refractivity contribution is -0.0869. The van der Waals surface area contributed by atoms with Gasteiger partial charge in [0.15, 0.2) is 0 Å². The zero-order chi connectivity index (χ0) is 13.9. The highest BCUT2D eigenvalue weighted by Crippen LogP contribution is 2.19. The van der Waals surface area contributed by atoms with Crippen LogP contribution in [0.4, 0.5) is 0 Å². The fourth-order valence-electron chi connectivity index (χ4n) is 2.38. The molecule has 0 aliphatic carbocycles. The van der Waals surface area contributed by atoms with Crippen LogP contribution in [0, 0.1) is 0 Å². The Morgan fingerprint density at radius 3 is 2.80 bits per heavy atom. The lowest BCUT2D eigenvalue weighted by Gasteiger charge is -2.28. The molecular weight excluding hydrogens is 252 g/mol. The maximum absolute atomic E-state index is 9.99. The van der Waals surface area contributed by atoms with E-state index in [-0.39, 0.29) is 12.2 Å². The lowest BCUT2D eigenvalue weighted by Crippen LogP contribution is -2.39. The molecule has 0 amide bonds. The first-order valence-electron chi connectivity index (χ1n) is 6.83. The number of benzene rings is 2. The Hall–Kier alpha value is -1.84. The first-order chi connectivity index (χ1) is 9.74. The molecule has 0 bridgehead atoms. The van der Waals surface area contributed by atoms with Crippen molar-refractivity contribution in [3.05, 3.63) is 60.4 Å². The van der Waals surface area contributed by atoms with Crippen LogP contribution in [0.2, 0.25) is 0 Å². The SMILES string of the molecule is C[C@H]1OC=C[C@@H](OCc2ccc3ccccc3c2)[C@@H]1O. The summed E-state index contributed by atoms with van der Waals surface area (Å²) < 4.78 is 11.0. The predicted octanol–water partition coefficient (Wildman–Crippen LogP) is 3.02. The average molecular weight is 270 g/mol. The summed E-state index contributed by atoms with van der Waals surface area (Å²) in [5.41, 5.74) is 1.10. The second kappa shape index (κ2) is 5.65. The van der Waals surface area contributed by atoms with Crippen LogP contribution in [0.25, 0.3) is 10.8 Å². The van der Waals surface area contributed by atoms with E-state index < -0.39 is 6.10 Å². The molecule has 3 heteroatoms. The van der Waals surface area contributed by atoms with Gasteiger partial charge in [-0.25, -0.2) is 0 Å². The summed E-state index contributed by atoms with van der Waals surface area (Å²) in [6, 6.07) is 14.5. The van der Waals surface area contributed by atoms with Crippen LogP contribution in [0.1, 0.15) is 12.5 Å². The number of aliphatic hydroxyl groups is 1. The normalized spacial score (nSPS) is 25.6. The molecule has 20 heavy (non-hydrogen) atoms. The second-order valence-corrected chi connectivity index (χ2v) is 5.12. The molecule has 104 valence electrons. The first kappa shape index (κ1) is 13.2. The van der Waals surface area contributed by atoms with Crippen LogP contribution >= 0.6 is 0 Å². The fourth-order valence-corrected chi connectivity index (χ4v) is 2.38. The summed E-state index contributed by atoms with van der Waals surface area (Å²) in [6.45, 7) is 2.31. The summed E-state index contributed by atoms with van der Waals surface area (Å²) in [7, 11) is 0. The zero-order valence-electron chi connectivity index (χ0n) is 11.4. The van der Waals surface area contributed by atoms with E-state index in [1.807, 2.05) is 19.1 Å². The maximum Gasteiger partial charge on any atom is 0.124 e. The number of fused-ring (bicyclic) bond motifs is 1. The van der Waals surface area contributed by atoms with Crippen LogP contribution < -0.4 is 0 Å². The van der Waals surface area contributed by atoms with Gasteiger partial charge in [-0.15, -0.1) is 0 Å². The molecular formula is C17H18O3. The topological polar surface area (TPSA) is 38.7 Å². The molecule has 0 saturated heterocycles. The molecule has 0 unspecified atom stereocenters. The zero-order valence-corrected chi connectivity index (χ0v) is 11.4. The quantitative estimate of drug-likeness (QED) is 0.931. The third-order valence-electron chi connectivity index (χ3n) is 3.64. The van der Waals surface area contributed by atoms with Gasteiger partial charge in [0.25, 0.3) is 0 Å². The van der Waals surface area contributed by atoms with Crippen molar-refractivity contribution in [2.45, 2.75) is 31.8 Å². The Morgan fingerprint density at radius 1 is 1.15 bits per heavy atom. The van der Waals surface area contributed by atoms with Crippen molar-refractivity contribution in [1.82, 2.24) is 0 Å². The molecule has 3 rings (SSSR count). The number of aliphatic hydroxyl groups excluding tert-OH is 1. The van der Waals surface area contributed by atoms with Gasteiger partial charge in [0.05, 0.1) is 12.9 Å². The van der Waals surface area contributed by atoms with Crippen molar-refractivity contribution in [3.63, 3.8) is 0 Å². The molecule has 0 spiro atoms. The van der Waals surface area contributed by atoms with Gasteiger partial charge in [-0.05, 0) is 35.4 Å². The Morgan fingerprint density at radius 2 is 1.95 bits per heavy atom. The van der Waals surface area contributed by atoms with Crippen LogP contribution in [0.15, 0.2) is 54.8 Å². The minimum Gasteiger partial charge on any atom is -0.496 e. The van der Waals surface area contributed by atoms with Crippen molar-refractivity contribution in [2.24, 2.45) is 0 Å². The maximum atomic E-state index is 9.99. The lowest BCUT2D eigenvalue weighted by atomic mass is 10.1. The molecule has 1 aliphatic heterocycles. The monoisotopic (exact) mass is 270 g/mol. The smallest absolute Gasteiger partial charge is 0.124 e. The van der Waals surface area contributed by atoms with Gasteiger partial charge in [-0.3, -0.25) is 0 Å². The predicted molar refractivity (Wildman–Crippen MR) is 78.2 cm³/mol. The molecule has 3 atom stereocenters. The Kier molecular flexibility index (Phi) is 3.72. The standard InChI is InChI=1S/C17H18O3/c1-12-17(18)16(8-9-19-12)20-11-13-6-7-14-4-2-3-5-15(14)10-13/h2-10,12,16-18H,11H2,1H3/t12-,16-,17-/m1/s1. The number of ether oxygens (including phenoxy) is 2. The number of hydrogen-bond donors (Lipinski definition) is 1. The molecule has 0 radical (unpaired) electrons. The van der Waals surface area contributed by atoms with E-state index >= 15 is 0 Å². The Bertz CT molecular complexity index is 620. The second-order valence-electron chi connectivity index (χ2n) is 5.12. The number of hydrogen-bond acceptors (Lipinski definition) is 3. The van der Waals surface area contributed by atoms with E-state index in [4.69, 9.17) is 9.47 Å². The van der Waals surface area contributed by atoms with Crippen molar-refractivity contribution < 1.29 is 14.6 Å². The van der Waals surface area contributed by atoms with E-state index in [0.29, 0.717) is 6.61 Å².